The predicted molar refractivity (Wildman–Crippen MR) is 118 cm³/mol. The third-order valence-electron chi connectivity index (χ3n) is 5.65. The number of amides is 1. The van der Waals surface area contributed by atoms with Crippen LogP contribution in [0.2, 0.25) is 23.4 Å². The Labute approximate surface area is 178 Å². The van der Waals surface area contributed by atoms with Gasteiger partial charge in [0.2, 0.25) is 5.28 Å². The van der Waals surface area contributed by atoms with Crippen molar-refractivity contribution in [3.63, 3.8) is 0 Å². The molecule has 3 rings (SSSR count). The van der Waals surface area contributed by atoms with E-state index >= 15 is 0 Å². The smallest absolute Gasteiger partial charge is 0.259 e. The van der Waals surface area contributed by atoms with E-state index in [9.17, 15) is 4.79 Å². The number of carbonyl (C=O) groups excluding carboxylic acids is 1. The zero-order chi connectivity index (χ0) is 21.2. The second-order valence-electron chi connectivity index (χ2n) is 8.67. The van der Waals surface area contributed by atoms with Crippen molar-refractivity contribution in [3.8, 4) is 5.75 Å². The standard InChI is InChI=1S/C21H28ClN3O3Si/c1-21(2,3)29(4,5)28-13-11-25(18-8-10-23-20(22)24-18)19(26)16-6-7-17-15(14-16)9-12-27-17/h6-8,10,14H,9,11-13H2,1-5H3. The van der Waals surface area contributed by atoms with Crippen molar-refractivity contribution in [2.75, 3.05) is 24.7 Å². The van der Waals surface area contributed by atoms with Crippen LogP contribution in [0.4, 0.5) is 5.82 Å². The minimum absolute atomic E-state index is 0.0973. The molecule has 1 aliphatic rings. The number of hydrogen-bond donors (Lipinski definition) is 0. The highest BCUT2D eigenvalue weighted by Crippen LogP contribution is 2.36. The fourth-order valence-corrected chi connectivity index (χ4v) is 4.06. The molecule has 0 fully saturated rings. The van der Waals surface area contributed by atoms with E-state index in [1.54, 1.807) is 23.2 Å². The summed E-state index contributed by atoms with van der Waals surface area (Å²) in [5.74, 6) is 1.17. The SMILES string of the molecule is CC(C)(C)[Si](C)(C)OCCN(C(=O)c1ccc2c(c1)CCO2)c1ccnc(Cl)n1. The highest BCUT2D eigenvalue weighted by Gasteiger charge is 2.37. The highest BCUT2D eigenvalue weighted by molar-refractivity contribution is 6.74. The first kappa shape index (κ1) is 21.7. The highest BCUT2D eigenvalue weighted by atomic mass is 35.5. The van der Waals surface area contributed by atoms with E-state index in [1.165, 1.54) is 0 Å². The summed E-state index contributed by atoms with van der Waals surface area (Å²) in [7, 11) is -1.92. The van der Waals surface area contributed by atoms with E-state index < -0.39 is 8.32 Å². The molecule has 0 atom stereocenters. The van der Waals surface area contributed by atoms with Gasteiger partial charge in [-0.05, 0) is 59.6 Å². The lowest BCUT2D eigenvalue weighted by molar-refractivity contribution is 0.0980. The van der Waals surface area contributed by atoms with Crippen molar-refractivity contribution >= 4 is 31.6 Å². The van der Waals surface area contributed by atoms with Crippen LogP contribution >= 0.6 is 11.6 Å². The van der Waals surface area contributed by atoms with Crippen molar-refractivity contribution in [1.82, 2.24) is 9.97 Å². The van der Waals surface area contributed by atoms with Crippen LogP contribution in [0.5, 0.6) is 5.75 Å². The fourth-order valence-electron chi connectivity index (χ4n) is 2.88. The Morgan fingerprint density at radius 3 is 2.76 bits per heavy atom. The Morgan fingerprint density at radius 2 is 2.07 bits per heavy atom. The van der Waals surface area contributed by atoms with Gasteiger partial charge in [-0.1, -0.05) is 20.8 Å². The van der Waals surface area contributed by atoms with Crippen molar-refractivity contribution in [2.45, 2.75) is 45.3 Å². The van der Waals surface area contributed by atoms with Gasteiger partial charge in [-0.15, -0.1) is 0 Å². The first-order valence-electron chi connectivity index (χ1n) is 9.78. The molecule has 0 radical (unpaired) electrons. The van der Waals surface area contributed by atoms with Gasteiger partial charge in [0.05, 0.1) is 13.2 Å². The largest absolute Gasteiger partial charge is 0.493 e. The maximum atomic E-state index is 13.3. The van der Waals surface area contributed by atoms with Gasteiger partial charge in [-0.2, -0.15) is 0 Å². The Balaban J connectivity index is 1.83. The lowest BCUT2D eigenvalue weighted by atomic mass is 10.1. The Bertz CT molecular complexity index is 899. The first-order valence-corrected chi connectivity index (χ1v) is 13.1. The van der Waals surface area contributed by atoms with Crippen LogP contribution in [-0.2, 0) is 10.8 Å². The maximum absolute atomic E-state index is 13.3. The first-order chi connectivity index (χ1) is 13.6. The van der Waals surface area contributed by atoms with Crippen molar-refractivity contribution in [1.29, 1.82) is 0 Å². The second kappa shape index (κ2) is 8.42. The van der Waals surface area contributed by atoms with Crippen molar-refractivity contribution in [3.05, 3.63) is 46.9 Å². The molecule has 0 unspecified atom stereocenters. The van der Waals surface area contributed by atoms with Crippen LogP contribution in [0.25, 0.3) is 0 Å². The third-order valence-corrected chi connectivity index (χ3v) is 10.4. The molecular weight excluding hydrogens is 406 g/mol. The minimum atomic E-state index is -1.92. The summed E-state index contributed by atoms with van der Waals surface area (Å²) in [5.41, 5.74) is 1.64. The number of ether oxygens (including phenoxy) is 1. The van der Waals surface area contributed by atoms with Crippen LogP contribution in [0, 0.1) is 0 Å². The van der Waals surface area contributed by atoms with E-state index in [0.29, 0.717) is 31.1 Å². The summed E-state index contributed by atoms with van der Waals surface area (Å²) >= 11 is 5.98. The quantitative estimate of drug-likeness (QED) is 0.486. The average molecular weight is 434 g/mol. The van der Waals surface area contributed by atoms with Crippen LogP contribution < -0.4 is 9.64 Å². The molecule has 0 aliphatic carbocycles. The molecule has 29 heavy (non-hydrogen) atoms. The third kappa shape index (κ3) is 4.97. The minimum Gasteiger partial charge on any atom is -0.493 e. The van der Waals surface area contributed by atoms with Gasteiger partial charge >= 0.3 is 0 Å². The van der Waals surface area contributed by atoms with Crippen LogP contribution in [0.1, 0.15) is 36.7 Å². The Morgan fingerprint density at radius 1 is 1.31 bits per heavy atom. The summed E-state index contributed by atoms with van der Waals surface area (Å²) in [6, 6.07) is 7.23. The molecular formula is C21H28ClN3O3Si. The Hall–Kier alpha value is -1.96. The summed E-state index contributed by atoms with van der Waals surface area (Å²) in [5, 5.41) is 0.202. The molecule has 1 aromatic carbocycles. The number of aromatic nitrogens is 2. The van der Waals surface area contributed by atoms with Gasteiger partial charge in [0.15, 0.2) is 8.32 Å². The van der Waals surface area contributed by atoms with E-state index in [-0.39, 0.29) is 16.2 Å². The topological polar surface area (TPSA) is 64.5 Å². The summed E-state index contributed by atoms with van der Waals surface area (Å²) < 4.78 is 11.8. The molecule has 1 amide bonds. The van der Waals surface area contributed by atoms with E-state index in [4.69, 9.17) is 20.8 Å². The van der Waals surface area contributed by atoms with Gasteiger partial charge in [0.1, 0.15) is 11.6 Å². The number of rotatable bonds is 6. The molecule has 0 saturated heterocycles. The fraction of sp³-hybridized carbons (Fsp3) is 0.476. The number of nitrogens with zero attached hydrogens (tertiary/aromatic N) is 3. The predicted octanol–water partition coefficient (Wildman–Crippen LogP) is 4.73. The molecule has 8 heteroatoms. The van der Waals surface area contributed by atoms with Crippen LogP contribution in [-0.4, -0.2) is 44.0 Å². The Kier molecular flexibility index (Phi) is 6.31. The second-order valence-corrected chi connectivity index (χ2v) is 13.8. The zero-order valence-corrected chi connectivity index (χ0v) is 19.4. The number of hydrogen-bond acceptors (Lipinski definition) is 5. The number of carbonyl (C=O) groups is 1. The normalized spacial score (nSPS) is 13.7. The molecule has 0 spiro atoms. The summed E-state index contributed by atoms with van der Waals surface area (Å²) in [6.07, 6.45) is 2.36. The number of benzene rings is 1. The van der Waals surface area contributed by atoms with Crippen LogP contribution in [0.3, 0.4) is 0 Å². The van der Waals surface area contributed by atoms with E-state index in [2.05, 4.69) is 43.8 Å². The molecule has 6 nitrogen and oxygen atoms in total. The van der Waals surface area contributed by atoms with Crippen molar-refractivity contribution < 1.29 is 14.0 Å². The van der Waals surface area contributed by atoms with Crippen LogP contribution in [0.15, 0.2) is 30.5 Å². The molecule has 156 valence electrons. The molecule has 2 aromatic rings. The average Bonchev–Trinajstić information content (AvgIpc) is 3.11. The molecule has 1 aromatic heterocycles. The van der Waals surface area contributed by atoms with Gasteiger partial charge in [-0.25, -0.2) is 9.97 Å². The monoisotopic (exact) mass is 433 g/mol. The van der Waals surface area contributed by atoms with Gasteiger partial charge in [0.25, 0.3) is 5.91 Å². The number of anilines is 1. The maximum Gasteiger partial charge on any atom is 0.259 e. The van der Waals surface area contributed by atoms with E-state index in [0.717, 1.165) is 17.7 Å². The lowest BCUT2D eigenvalue weighted by Gasteiger charge is -2.36. The zero-order valence-electron chi connectivity index (χ0n) is 17.7. The molecule has 0 saturated carbocycles. The van der Waals surface area contributed by atoms with Gasteiger partial charge in [0, 0.05) is 24.7 Å². The molecule has 0 N–H and O–H groups in total. The van der Waals surface area contributed by atoms with Gasteiger partial charge in [-0.3, -0.25) is 9.69 Å². The lowest BCUT2D eigenvalue weighted by Crippen LogP contribution is -2.43. The van der Waals surface area contributed by atoms with Crippen molar-refractivity contribution in [2.24, 2.45) is 0 Å². The summed E-state index contributed by atoms with van der Waals surface area (Å²) in [4.78, 5) is 23.1. The number of fused-ring (bicyclic) bond motifs is 1. The molecule has 1 aliphatic heterocycles. The van der Waals surface area contributed by atoms with E-state index in [1.807, 2.05) is 12.1 Å². The van der Waals surface area contributed by atoms with Gasteiger partial charge < -0.3 is 9.16 Å². The number of halogens is 1. The molecule has 2 heterocycles. The molecule has 0 bridgehead atoms. The summed E-state index contributed by atoms with van der Waals surface area (Å²) in [6.45, 7) is 12.4.